The lowest BCUT2D eigenvalue weighted by molar-refractivity contribution is -0.0226. The van der Waals surface area contributed by atoms with Crippen molar-refractivity contribution in [1.82, 2.24) is 10.2 Å². The van der Waals surface area contributed by atoms with E-state index in [9.17, 15) is 8.78 Å². The molecule has 1 heterocycles. The molecule has 1 aliphatic heterocycles. The molecule has 0 atom stereocenters. The summed E-state index contributed by atoms with van der Waals surface area (Å²) in [7, 11) is 0. The van der Waals surface area contributed by atoms with Gasteiger partial charge in [0.25, 0.3) is 5.92 Å². The van der Waals surface area contributed by atoms with E-state index < -0.39 is 5.92 Å². The minimum absolute atomic E-state index is 0.0898. The Hall–Kier alpha value is -0.520. The van der Waals surface area contributed by atoms with E-state index in [1.807, 2.05) is 0 Å². The third-order valence-corrected chi connectivity index (χ3v) is 3.69. The summed E-state index contributed by atoms with van der Waals surface area (Å²) in [6.07, 6.45) is -0.122. The van der Waals surface area contributed by atoms with Crippen LogP contribution in [0.4, 0.5) is 8.78 Å². The lowest BCUT2D eigenvalue weighted by Gasteiger charge is -2.28. The zero-order chi connectivity index (χ0) is 13.0. The highest BCUT2D eigenvalue weighted by Crippen LogP contribution is 2.33. The first-order valence-corrected chi connectivity index (χ1v) is 6.94. The molecule has 5 heteroatoms. The van der Waals surface area contributed by atoms with Crippen molar-refractivity contribution in [3.8, 4) is 0 Å². The molecular formula is C13H17BrF2N2. The second kappa shape index (κ2) is 6.08. The Bertz CT molecular complexity index is 392. The molecule has 2 rings (SSSR count). The fourth-order valence-electron chi connectivity index (χ4n) is 2.09. The Kier molecular flexibility index (Phi) is 4.70. The minimum Gasteiger partial charge on any atom is -0.314 e. The Morgan fingerprint density at radius 2 is 2.00 bits per heavy atom. The molecule has 2 nitrogen and oxygen atoms in total. The van der Waals surface area contributed by atoms with Gasteiger partial charge in [-0.2, -0.15) is 0 Å². The number of halogens is 3. The zero-order valence-electron chi connectivity index (χ0n) is 10.1. The molecule has 1 aromatic rings. The van der Waals surface area contributed by atoms with Gasteiger partial charge in [-0.25, -0.2) is 8.78 Å². The topological polar surface area (TPSA) is 15.3 Å². The Morgan fingerprint density at radius 3 is 2.67 bits per heavy atom. The number of rotatable bonds is 4. The van der Waals surface area contributed by atoms with Crippen LogP contribution in [0.1, 0.15) is 12.0 Å². The molecule has 18 heavy (non-hydrogen) atoms. The number of hydrogen-bond donors (Lipinski definition) is 1. The Balaban J connectivity index is 1.94. The monoisotopic (exact) mass is 318 g/mol. The lowest BCUT2D eigenvalue weighted by Crippen LogP contribution is -2.44. The van der Waals surface area contributed by atoms with Gasteiger partial charge in [0.1, 0.15) is 0 Å². The van der Waals surface area contributed by atoms with E-state index >= 15 is 0 Å². The molecule has 1 aromatic carbocycles. The second-order valence-corrected chi connectivity index (χ2v) is 5.47. The highest BCUT2D eigenvalue weighted by atomic mass is 79.9. The van der Waals surface area contributed by atoms with Crippen LogP contribution in [0.3, 0.4) is 0 Å². The van der Waals surface area contributed by atoms with Crippen LogP contribution >= 0.6 is 15.9 Å². The lowest BCUT2D eigenvalue weighted by atomic mass is 10.1. The molecule has 0 aliphatic carbocycles. The van der Waals surface area contributed by atoms with Crippen LogP contribution < -0.4 is 5.32 Å². The van der Waals surface area contributed by atoms with E-state index in [1.165, 1.54) is 12.1 Å². The van der Waals surface area contributed by atoms with Crippen LogP contribution in [0.25, 0.3) is 0 Å². The standard InChI is InChI=1S/C13H17BrF2N2/c14-12-3-1-2-11(10-12)13(15,16)4-7-18-8-5-17-6-9-18/h1-3,10,17H,4-9H2. The van der Waals surface area contributed by atoms with Crippen molar-refractivity contribution >= 4 is 15.9 Å². The Labute approximate surface area is 114 Å². The summed E-state index contributed by atoms with van der Waals surface area (Å²) < 4.78 is 28.8. The number of hydrogen-bond acceptors (Lipinski definition) is 2. The Morgan fingerprint density at radius 1 is 1.28 bits per heavy atom. The van der Waals surface area contributed by atoms with Crippen molar-refractivity contribution in [3.05, 3.63) is 34.3 Å². The van der Waals surface area contributed by atoms with E-state index in [-0.39, 0.29) is 12.0 Å². The highest BCUT2D eigenvalue weighted by Gasteiger charge is 2.32. The van der Waals surface area contributed by atoms with Gasteiger partial charge in [-0.3, -0.25) is 0 Å². The zero-order valence-corrected chi connectivity index (χ0v) is 11.7. The summed E-state index contributed by atoms with van der Waals surface area (Å²) in [5, 5.41) is 3.22. The van der Waals surface area contributed by atoms with Gasteiger partial charge in [-0.05, 0) is 12.1 Å². The highest BCUT2D eigenvalue weighted by molar-refractivity contribution is 9.10. The van der Waals surface area contributed by atoms with Gasteiger partial charge in [0.05, 0.1) is 0 Å². The van der Waals surface area contributed by atoms with Crippen molar-refractivity contribution in [1.29, 1.82) is 0 Å². The van der Waals surface area contributed by atoms with Crippen LogP contribution in [0.15, 0.2) is 28.7 Å². The third-order valence-electron chi connectivity index (χ3n) is 3.20. The van der Waals surface area contributed by atoms with Crippen molar-refractivity contribution in [3.63, 3.8) is 0 Å². The molecule has 1 N–H and O–H groups in total. The molecule has 1 fully saturated rings. The van der Waals surface area contributed by atoms with Crippen molar-refractivity contribution in [2.75, 3.05) is 32.7 Å². The first kappa shape index (κ1) is 13.9. The number of nitrogens with zero attached hydrogens (tertiary/aromatic N) is 1. The molecular weight excluding hydrogens is 302 g/mol. The average Bonchev–Trinajstić information content (AvgIpc) is 2.38. The molecule has 0 radical (unpaired) electrons. The number of benzene rings is 1. The van der Waals surface area contributed by atoms with E-state index in [2.05, 4.69) is 26.1 Å². The maximum atomic E-state index is 14.0. The normalized spacial score (nSPS) is 17.9. The first-order valence-electron chi connectivity index (χ1n) is 6.15. The molecule has 1 saturated heterocycles. The second-order valence-electron chi connectivity index (χ2n) is 4.56. The maximum Gasteiger partial charge on any atom is 0.274 e. The van der Waals surface area contributed by atoms with Crippen LogP contribution in [0.2, 0.25) is 0 Å². The van der Waals surface area contributed by atoms with Gasteiger partial charge in [-0.1, -0.05) is 28.1 Å². The molecule has 0 spiro atoms. The fourth-order valence-corrected chi connectivity index (χ4v) is 2.49. The molecule has 0 amide bonds. The predicted octanol–water partition coefficient (Wildman–Crippen LogP) is 2.84. The van der Waals surface area contributed by atoms with E-state index in [1.54, 1.807) is 12.1 Å². The number of piperazine rings is 1. The summed E-state index contributed by atoms with van der Waals surface area (Å²) in [6.45, 7) is 3.94. The molecule has 100 valence electrons. The van der Waals surface area contributed by atoms with Gasteiger partial charge >= 0.3 is 0 Å². The third kappa shape index (κ3) is 3.73. The van der Waals surface area contributed by atoms with Crippen molar-refractivity contribution in [2.45, 2.75) is 12.3 Å². The quantitative estimate of drug-likeness (QED) is 0.918. The predicted molar refractivity (Wildman–Crippen MR) is 72.0 cm³/mol. The average molecular weight is 319 g/mol. The van der Waals surface area contributed by atoms with Crippen LogP contribution in [-0.4, -0.2) is 37.6 Å². The van der Waals surface area contributed by atoms with Crippen LogP contribution in [0.5, 0.6) is 0 Å². The smallest absolute Gasteiger partial charge is 0.274 e. The van der Waals surface area contributed by atoms with Crippen molar-refractivity contribution in [2.24, 2.45) is 0 Å². The summed E-state index contributed by atoms with van der Waals surface area (Å²) in [6, 6.07) is 6.40. The van der Waals surface area contributed by atoms with Gasteiger partial charge in [-0.15, -0.1) is 0 Å². The van der Waals surface area contributed by atoms with Gasteiger partial charge in [0, 0.05) is 49.2 Å². The number of alkyl halides is 2. The minimum atomic E-state index is -2.76. The molecule has 0 unspecified atom stereocenters. The van der Waals surface area contributed by atoms with Gasteiger partial charge in [0.15, 0.2) is 0 Å². The van der Waals surface area contributed by atoms with E-state index in [4.69, 9.17) is 0 Å². The van der Waals surface area contributed by atoms with E-state index in [0.29, 0.717) is 11.0 Å². The summed E-state index contributed by atoms with van der Waals surface area (Å²) >= 11 is 3.23. The van der Waals surface area contributed by atoms with Crippen molar-refractivity contribution < 1.29 is 8.78 Å². The SMILES string of the molecule is FC(F)(CCN1CCNCC1)c1cccc(Br)c1. The molecule has 1 aliphatic rings. The van der Waals surface area contributed by atoms with Gasteiger partial charge < -0.3 is 10.2 Å². The first-order chi connectivity index (χ1) is 8.58. The molecule has 0 bridgehead atoms. The van der Waals surface area contributed by atoms with Crippen LogP contribution in [-0.2, 0) is 5.92 Å². The van der Waals surface area contributed by atoms with E-state index in [0.717, 1.165) is 26.2 Å². The molecule has 0 aromatic heterocycles. The summed E-state index contributed by atoms with van der Waals surface area (Å²) in [4.78, 5) is 2.09. The summed E-state index contributed by atoms with van der Waals surface area (Å²) in [5.74, 6) is -2.76. The molecule has 0 saturated carbocycles. The van der Waals surface area contributed by atoms with Gasteiger partial charge in [0.2, 0.25) is 0 Å². The largest absolute Gasteiger partial charge is 0.314 e. The maximum absolute atomic E-state index is 14.0. The fraction of sp³-hybridized carbons (Fsp3) is 0.538. The summed E-state index contributed by atoms with van der Waals surface area (Å²) in [5.41, 5.74) is 0.0898. The van der Waals surface area contributed by atoms with Crippen LogP contribution in [0, 0.1) is 0 Å². The number of nitrogens with one attached hydrogen (secondary N) is 1.